The van der Waals surface area contributed by atoms with E-state index in [-0.39, 0.29) is 21.4 Å². The number of ether oxygens (including phenoxy) is 1. The first kappa shape index (κ1) is 23.0. The Kier molecular flexibility index (Phi) is 8.34. The number of urea groups is 1. The highest BCUT2D eigenvalue weighted by Gasteiger charge is 2.22. The standard InChI is InChI=1S/C20H27Cl2N5O2/c1-5-20(3,4)14-11-13(2)7-8-15(14)29-10-6-9-23-19(28)27-26-18-16(21)17(22)24-12-25-18/h7-8,11-12H,5-6,9-10H2,1-4H3,(H2,23,27,28)(H,24,25,26). The highest BCUT2D eigenvalue weighted by atomic mass is 35.5. The van der Waals surface area contributed by atoms with E-state index in [1.165, 1.54) is 17.5 Å². The summed E-state index contributed by atoms with van der Waals surface area (Å²) in [6, 6.07) is 5.83. The van der Waals surface area contributed by atoms with Gasteiger partial charge in [-0.2, -0.15) is 0 Å². The van der Waals surface area contributed by atoms with Gasteiger partial charge in [0, 0.05) is 6.54 Å². The molecule has 2 amide bonds. The van der Waals surface area contributed by atoms with Crippen molar-refractivity contribution in [3.63, 3.8) is 0 Å². The number of aromatic nitrogens is 2. The minimum absolute atomic E-state index is 0.0380. The van der Waals surface area contributed by atoms with Gasteiger partial charge in [-0.3, -0.25) is 10.9 Å². The Morgan fingerprint density at radius 3 is 2.72 bits per heavy atom. The van der Waals surface area contributed by atoms with Crippen LogP contribution >= 0.6 is 23.2 Å². The Morgan fingerprint density at radius 2 is 2.00 bits per heavy atom. The molecule has 0 saturated carbocycles. The molecule has 29 heavy (non-hydrogen) atoms. The van der Waals surface area contributed by atoms with Crippen LogP contribution in [0.1, 0.15) is 44.7 Å². The fourth-order valence-corrected chi connectivity index (χ4v) is 2.82. The van der Waals surface area contributed by atoms with Gasteiger partial charge in [0.25, 0.3) is 0 Å². The van der Waals surface area contributed by atoms with Gasteiger partial charge in [-0.1, -0.05) is 61.7 Å². The first-order valence-electron chi connectivity index (χ1n) is 9.44. The number of rotatable bonds is 9. The summed E-state index contributed by atoms with van der Waals surface area (Å²) in [6.07, 6.45) is 2.92. The minimum Gasteiger partial charge on any atom is -0.493 e. The molecule has 0 unspecified atom stereocenters. The van der Waals surface area contributed by atoms with Gasteiger partial charge in [-0.05, 0) is 36.8 Å². The van der Waals surface area contributed by atoms with E-state index in [0.29, 0.717) is 19.6 Å². The van der Waals surface area contributed by atoms with Crippen molar-refractivity contribution in [2.75, 3.05) is 18.6 Å². The first-order valence-corrected chi connectivity index (χ1v) is 10.2. The fourth-order valence-electron chi connectivity index (χ4n) is 2.54. The Morgan fingerprint density at radius 1 is 1.24 bits per heavy atom. The Balaban J connectivity index is 1.76. The third-order valence-electron chi connectivity index (χ3n) is 4.65. The van der Waals surface area contributed by atoms with Gasteiger partial charge in [0.15, 0.2) is 11.0 Å². The third-order valence-corrected chi connectivity index (χ3v) is 5.40. The second-order valence-electron chi connectivity index (χ2n) is 7.27. The molecule has 9 heteroatoms. The van der Waals surface area contributed by atoms with Crippen LogP contribution in [0.15, 0.2) is 24.5 Å². The average Bonchev–Trinajstić information content (AvgIpc) is 2.69. The lowest BCUT2D eigenvalue weighted by molar-refractivity contribution is 0.240. The van der Waals surface area contributed by atoms with Gasteiger partial charge in [-0.15, -0.1) is 0 Å². The molecule has 0 bridgehead atoms. The largest absolute Gasteiger partial charge is 0.493 e. The van der Waals surface area contributed by atoms with Crippen LogP contribution in [-0.2, 0) is 5.41 Å². The molecule has 0 aliphatic heterocycles. The van der Waals surface area contributed by atoms with Crippen molar-refractivity contribution in [3.8, 4) is 5.75 Å². The van der Waals surface area contributed by atoms with Gasteiger partial charge in [0.2, 0.25) is 0 Å². The topological polar surface area (TPSA) is 88.2 Å². The van der Waals surface area contributed by atoms with Crippen molar-refractivity contribution >= 4 is 35.1 Å². The highest BCUT2D eigenvalue weighted by molar-refractivity contribution is 6.42. The number of hydrazine groups is 1. The van der Waals surface area contributed by atoms with Crippen molar-refractivity contribution in [1.82, 2.24) is 20.7 Å². The molecular weight excluding hydrogens is 413 g/mol. The number of benzene rings is 1. The molecule has 1 aromatic carbocycles. The summed E-state index contributed by atoms with van der Waals surface area (Å²) in [5, 5.41) is 2.96. The lowest BCUT2D eigenvalue weighted by Gasteiger charge is -2.26. The van der Waals surface area contributed by atoms with Gasteiger partial charge >= 0.3 is 6.03 Å². The van der Waals surface area contributed by atoms with Gasteiger partial charge in [0.1, 0.15) is 17.1 Å². The monoisotopic (exact) mass is 439 g/mol. The molecule has 0 aliphatic carbocycles. The molecule has 3 N–H and O–H groups in total. The fraction of sp³-hybridized carbons (Fsp3) is 0.450. The zero-order valence-electron chi connectivity index (χ0n) is 17.1. The van der Waals surface area contributed by atoms with Gasteiger partial charge < -0.3 is 10.1 Å². The number of anilines is 1. The van der Waals surface area contributed by atoms with E-state index in [1.807, 2.05) is 12.1 Å². The SMILES string of the molecule is CCC(C)(C)c1cc(C)ccc1OCCCNC(=O)NNc1ncnc(Cl)c1Cl. The number of hydrogen-bond acceptors (Lipinski definition) is 5. The number of amides is 2. The van der Waals surface area contributed by atoms with E-state index >= 15 is 0 Å². The summed E-state index contributed by atoms with van der Waals surface area (Å²) in [4.78, 5) is 19.5. The maximum Gasteiger partial charge on any atom is 0.333 e. The van der Waals surface area contributed by atoms with E-state index in [0.717, 1.165) is 12.2 Å². The summed E-state index contributed by atoms with van der Waals surface area (Å²) < 4.78 is 5.98. The number of hydrogen-bond donors (Lipinski definition) is 3. The van der Waals surface area contributed by atoms with Gasteiger partial charge in [-0.25, -0.2) is 14.8 Å². The third kappa shape index (κ3) is 6.65. The van der Waals surface area contributed by atoms with Crippen molar-refractivity contribution in [1.29, 1.82) is 0 Å². The van der Waals surface area contributed by atoms with Crippen LogP contribution in [0.25, 0.3) is 0 Å². The number of halogens is 2. The summed E-state index contributed by atoms with van der Waals surface area (Å²) >= 11 is 11.7. The van der Waals surface area contributed by atoms with E-state index < -0.39 is 6.03 Å². The number of carbonyl (C=O) groups is 1. The van der Waals surface area contributed by atoms with Crippen LogP contribution < -0.4 is 20.9 Å². The van der Waals surface area contributed by atoms with Crippen molar-refractivity contribution < 1.29 is 9.53 Å². The molecule has 2 rings (SSSR count). The molecule has 0 radical (unpaired) electrons. The molecule has 1 heterocycles. The van der Waals surface area contributed by atoms with Crippen molar-refractivity contribution in [3.05, 3.63) is 45.8 Å². The van der Waals surface area contributed by atoms with E-state index in [2.05, 4.69) is 59.9 Å². The maximum absolute atomic E-state index is 11.9. The number of aryl methyl sites for hydroxylation is 1. The molecule has 1 aromatic heterocycles. The first-order chi connectivity index (χ1) is 13.7. The normalized spacial score (nSPS) is 11.1. The summed E-state index contributed by atoms with van der Waals surface area (Å²) in [5.41, 5.74) is 7.49. The van der Waals surface area contributed by atoms with E-state index in [4.69, 9.17) is 27.9 Å². The molecule has 0 spiro atoms. The Bertz CT molecular complexity index is 846. The highest BCUT2D eigenvalue weighted by Crippen LogP contribution is 2.35. The predicted molar refractivity (Wildman–Crippen MR) is 117 cm³/mol. The second kappa shape index (κ2) is 10.5. The second-order valence-corrected chi connectivity index (χ2v) is 8.01. The quantitative estimate of drug-likeness (QED) is 0.294. The average molecular weight is 440 g/mol. The Labute approximate surface area is 181 Å². The van der Waals surface area contributed by atoms with Crippen molar-refractivity contribution in [2.45, 2.75) is 46.0 Å². The predicted octanol–water partition coefficient (Wildman–Crippen LogP) is 4.87. The smallest absolute Gasteiger partial charge is 0.333 e. The summed E-state index contributed by atoms with van der Waals surface area (Å²) in [6.45, 7) is 9.62. The van der Waals surface area contributed by atoms with Crippen LogP contribution in [-0.4, -0.2) is 29.2 Å². The zero-order chi connectivity index (χ0) is 21.4. The molecule has 158 valence electrons. The maximum atomic E-state index is 11.9. The van der Waals surface area contributed by atoms with Crippen LogP contribution in [0.3, 0.4) is 0 Å². The van der Waals surface area contributed by atoms with Crippen molar-refractivity contribution in [2.24, 2.45) is 0 Å². The lowest BCUT2D eigenvalue weighted by Crippen LogP contribution is -2.40. The van der Waals surface area contributed by atoms with Crippen LogP contribution in [0, 0.1) is 6.92 Å². The Hall–Kier alpha value is -2.25. The molecule has 0 atom stereocenters. The molecule has 0 saturated heterocycles. The van der Waals surface area contributed by atoms with Gasteiger partial charge in [0.05, 0.1) is 6.61 Å². The number of carbonyl (C=O) groups excluding carboxylic acids is 1. The molecule has 0 aliphatic rings. The van der Waals surface area contributed by atoms with E-state index in [9.17, 15) is 4.79 Å². The number of nitrogens with one attached hydrogen (secondary N) is 3. The molecule has 7 nitrogen and oxygen atoms in total. The molecule has 0 fully saturated rings. The summed E-state index contributed by atoms with van der Waals surface area (Å²) in [7, 11) is 0. The zero-order valence-corrected chi connectivity index (χ0v) is 18.6. The molecule has 2 aromatic rings. The summed E-state index contributed by atoms with van der Waals surface area (Å²) in [5.74, 6) is 1.11. The van der Waals surface area contributed by atoms with Crippen LogP contribution in [0.4, 0.5) is 10.6 Å². The number of nitrogens with zero attached hydrogens (tertiary/aromatic N) is 2. The minimum atomic E-state index is -0.418. The lowest BCUT2D eigenvalue weighted by atomic mass is 9.81. The van der Waals surface area contributed by atoms with Crippen LogP contribution in [0.2, 0.25) is 10.2 Å². The van der Waals surface area contributed by atoms with E-state index in [1.54, 1.807) is 0 Å². The van der Waals surface area contributed by atoms with Crippen LogP contribution in [0.5, 0.6) is 5.75 Å². The molecular formula is C20H27Cl2N5O2.